The maximum Gasteiger partial charge on any atom is 0.0663 e. The average Bonchev–Trinajstić information content (AvgIpc) is 2.63. The predicted molar refractivity (Wildman–Crippen MR) is 80.3 cm³/mol. The Labute approximate surface area is 117 Å². The summed E-state index contributed by atoms with van der Waals surface area (Å²) in [5, 5.41) is 0. The quantitative estimate of drug-likeness (QED) is 0.830. The van der Waals surface area contributed by atoms with Crippen molar-refractivity contribution in [3.8, 4) is 0 Å². The van der Waals surface area contributed by atoms with Gasteiger partial charge in [0.2, 0.25) is 0 Å². The van der Waals surface area contributed by atoms with Crippen molar-refractivity contribution in [3.05, 3.63) is 34.9 Å². The zero-order chi connectivity index (χ0) is 13.7. The molecule has 1 aliphatic rings. The summed E-state index contributed by atoms with van der Waals surface area (Å²) in [6.07, 6.45) is 8.19. The van der Waals surface area contributed by atoms with Crippen LogP contribution in [0.5, 0.6) is 0 Å². The van der Waals surface area contributed by atoms with Crippen molar-refractivity contribution >= 4 is 0 Å². The molecule has 0 heterocycles. The highest BCUT2D eigenvalue weighted by atomic mass is 16.5. The van der Waals surface area contributed by atoms with E-state index in [1.807, 2.05) is 0 Å². The molecule has 0 saturated heterocycles. The Balaban J connectivity index is 1.87. The van der Waals surface area contributed by atoms with Crippen molar-refractivity contribution in [1.82, 2.24) is 0 Å². The van der Waals surface area contributed by atoms with Gasteiger partial charge >= 0.3 is 0 Å². The summed E-state index contributed by atoms with van der Waals surface area (Å²) >= 11 is 0. The highest BCUT2D eigenvalue weighted by Crippen LogP contribution is 2.22. The minimum absolute atomic E-state index is 0.00172. The van der Waals surface area contributed by atoms with Crippen molar-refractivity contribution in [3.63, 3.8) is 0 Å². The molecule has 0 radical (unpaired) electrons. The van der Waals surface area contributed by atoms with Gasteiger partial charge in [0.1, 0.15) is 0 Å². The number of benzene rings is 1. The number of aryl methyl sites for hydroxylation is 2. The van der Waals surface area contributed by atoms with Gasteiger partial charge in [0.25, 0.3) is 0 Å². The Hall–Kier alpha value is -0.860. The van der Waals surface area contributed by atoms with E-state index in [4.69, 9.17) is 10.5 Å². The molecule has 1 aliphatic carbocycles. The van der Waals surface area contributed by atoms with E-state index >= 15 is 0 Å². The third-order valence-electron chi connectivity index (χ3n) is 3.99. The molecule has 0 amide bonds. The van der Waals surface area contributed by atoms with Crippen LogP contribution in [0, 0.1) is 13.8 Å². The van der Waals surface area contributed by atoms with Crippen LogP contribution in [-0.2, 0) is 4.74 Å². The first kappa shape index (κ1) is 14.5. The minimum Gasteiger partial charge on any atom is -0.376 e. The maximum absolute atomic E-state index is 6.26. The van der Waals surface area contributed by atoms with Crippen molar-refractivity contribution in [2.45, 2.75) is 64.5 Å². The van der Waals surface area contributed by atoms with Gasteiger partial charge in [-0.1, -0.05) is 55.0 Å². The van der Waals surface area contributed by atoms with E-state index in [0.717, 1.165) is 0 Å². The van der Waals surface area contributed by atoms with Gasteiger partial charge in [-0.05, 0) is 32.3 Å². The van der Waals surface area contributed by atoms with Gasteiger partial charge in [-0.2, -0.15) is 0 Å². The minimum atomic E-state index is 0.00172. The summed E-state index contributed by atoms with van der Waals surface area (Å²) in [6, 6.07) is 6.53. The lowest BCUT2D eigenvalue weighted by Crippen LogP contribution is -2.22. The first-order valence-corrected chi connectivity index (χ1v) is 7.60. The zero-order valence-electron chi connectivity index (χ0n) is 12.3. The average molecular weight is 261 g/mol. The number of hydrogen-bond donors (Lipinski definition) is 1. The Morgan fingerprint density at radius 3 is 2.21 bits per heavy atom. The lowest BCUT2D eigenvalue weighted by atomic mass is 10.0. The highest BCUT2D eigenvalue weighted by Gasteiger charge is 2.15. The highest BCUT2D eigenvalue weighted by molar-refractivity contribution is 5.30. The first-order chi connectivity index (χ1) is 9.15. The van der Waals surface area contributed by atoms with Gasteiger partial charge in [0, 0.05) is 0 Å². The molecule has 2 N–H and O–H groups in total. The third kappa shape index (κ3) is 4.63. The molecular formula is C17H27NO. The van der Waals surface area contributed by atoms with Crippen molar-refractivity contribution in [1.29, 1.82) is 0 Å². The van der Waals surface area contributed by atoms with Crippen LogP contribution >= 0.6 is 0 Å². The fourth-order valence-corrected chi connectivity index (χ4v) is 2.97. The molecular weight excluding hydrogens is 234 g/mol. The monoisotopic (exact) mass is 261 g/mol. The molecule has 0 aliphatic heterocycles. The second kappa shape index (κ2) is 7.06. The molecule has 0 bridgehead atoms. The van der Waals surface area contributed by atoms with Crippen molar-refractivity contribution in [2.75, 3.05) is 6.61 Å². The Kier molecular flexibility index (Phi) is 5.41. The first-order valence-electron chi connectivity index (χ1n) is 7.60. The summed E-state index contributed by atoms with van der Waals surface area (Å²) in [4.78, 5) is 0. The molecule has 0 spiro atoms. The lowest BCUT2D eigenvalue weighted by Gasteiger charge is -2.19. The third-order valence-corrected chi connectivity index (χ3v) is 3.99. The van der Waals surface area contributed by atoms with Gasteiger partial charge < -0.3 is 10.5 Å². The van der Waals surface area contributed by atoms with Gasteiger partial charge in [-0.15, -0.1) is 0 Å². The van der Waals surface area contributed by atoms with E-state index in [2.05, 4.69) is 32.0 Å². The Morgan fingerprint density at radius 2 is 1.63 bits per heavy atom. The molecule has 1 fully saturated rings. The van der Waals surface area contributed by atoms with E-state index in [9.17, 15) is 0 Å². The molecule has 1 unspecified atom stereocenters. The molecule has 19 heavy (non-hydrogen) atoms. The molecule has 2 rings (SSSR count). The van der Waals surface area contributed by atoms with Crippen LogP contribution in [0.4, 0.5) is 0 Å². The summed E-state index contributed by atoms with van der Waals surface area (Å²) in [7, 11) is 0. The number of hydrogen-bond acceptors (Lipinski definition) is 2. The summed E-state index contributed by atoms with van der Waals surface area (Å²) in [5.41, 5.74) is 10.0. The molecule has 1 atom stereocenters. The predicted octanol–water partition coefficient (Wildman–Crippen LogP) is 4.04. The van der Waals surface area contributed by atoms with E-state index in [0.29, 0.717) is 12.7 Å². The molecule has 0 aromatic heterocycles. The largest absolute Gasteiger partial charge is 0.376 e. The SMILES string of the molecule is Cc1cc(C)cc(C(N)COC2CCCCCC2)c1. The molecule has 2 nitrogen and oxygen atoms in total. The van der Waals surface area contributed by atoms with Crippen LogP contribution in [0.15, 0.2) is 18.2 Å². The second-order valence-electron chi connectivity index (χ2n) is 5.97. The molecule has 1 saturated carbocycles. The second-order valence-corrected chi connectivity index (χ2v) is 5.97. The zero-order valence-corrected chi connectivity index (χ0v) is 12.3. The van der Waals surface area contributed by atoms with Crippen LogP contribution in [0.25, 0.3) is 0 Å². The smallest absolute Gasteiger partial charge is 0.0663 e. The van der Waals surface area contributed by atoms with E-state index in [-0.39, 0.29) is 6.04 Å². The van der Waals surface area contributed by atoms with Crippen LogP contribution in [0.2, 0.25) is 0 Å². The number of ether oxygens (including phenoxy) is 1. The maximum atomic E-state index is 6.26. The van der Waals surface area contributed by atoms with E-state index in [1.165, 1.54) is 55.2 Å². The fourth-order valence-electron chi connectivity index (χ4n) is 2.97. The summed E-state index contributed by atoms with van der Waals surface area (Å²) in [5.74, 6) is 0. The van der Waals surface area contributed by atoms with E-state index in [1.54, 1.807) is 0 Å². The summed E-state index contributed by atoms with van der Waals surface area (Å²) < 4.78 is 6.03. The fraction of sp³-hybridized carbons (Fsp3) is 0.647. The number of rotatable bonds is 4. The van der Waals surface area contributed by atoms with Gasteiger partial charge in [0.05, 0.1) is 18.8 Å². The van der Waals surface area contributed by atoms with E-state index < -0.39 is 0 Å². The normalized spacial score (nSPS) is 19.1. The van der Waals surface area contributed by atoms with Gasteiger partial charge in [0.15, 0.2) is 0 Å². The molecule has 1 aromatic carbocycles. The molecule has 2 heteroatoms. The topological polar surface area (TPSA) is 35.2 Å². The standard InChI is InChI=1S/C17H27NO/c1-13-9-14(2)11-15(10-13)17(18)12-19-16-7-5-3-4-6-8-16/h9-11,16-17H,3-8,12,18H2,1-2H3. The van der Waals surface area contributed by atoms with Crippen molar-refractivity contribution in [2.24, 2.45) is 5.73 Å². The number of nitrogens with two attached hydrogens (primary N) is 1. The lowest BCUT2D eigenvalue weighted by molar-refractivity contribution is 0.0345. The van der Waals surface area contributed by atoms with Crippen LogP contribution < -0.4 is 5.73 Å². The summed E-state index contributed by atoms with van der Waals surface area (Å²) in [6.45, 7) is 4.89. The Morgan fingerprint density at radius 1 is 1.05 bits per heavy atom. The Bertz CT molecular complexity index is 374. The molecule has 106 valence electrons. The van der Waals surface area contributed by atoms with Crippen LogP contribution in [-0.4, -0.2) is 12.7 Å². The van der Waals surface area contributed by atoms with Crippen LogP contribution in [0.1, 0.15) is 61.3 Å². The van der Waals surface area contributed by atoms with Crippen molar-refractivity contribution < 1.29 is 4.74 Å². The van der Waals surface area contributed by atoms with Gasteiger partial charge in [-0.25, -0.2) is 0 Å². The van der Waals surface area contributed by atoms with Crippen LogP contribution in [0.3, 0.4) is 0 Å². The van der Waals surface area contributed by atoms with Gasteiger partial charge in [-0.3, -0.25) is 0 Å². The molecule has 1 aromatic rings.